The Bertz CT molecular complexity index is 606. The zero-order chi connectivity index (χ0) is 14.4. The third-order valence-electron chi connectivity index (χ3n) is 2.70. The molecule has 0 N–H and O–H groups in total. The number of pyridine rings is 1. The second-order valence-corrected chi connectivity index (χ2v) is 4.49. The number of rotatable bonds is 4. The number of nitrogens with zero attached hydrogens (tertiary/aromatic N) is 1. The molecule has 1 aromatic heterocycles. The maximum absolute atomic E-state index is 11.7. The molecule has 0 saturated carbocycles. The Labute approximate surface area is 122 Å². The Kier molecular flexibility index (Phi) is 4.91. The van der Waals surface area contributed by atoms with Gasteiger partial charge < -0.3 is 4.74 Å². The van der Waals surface area contributed by atoms with Crippen LogP contribution in [0.5, 0.6) is 0 Å². The van der Waals surface area contributed by atoms with E-state index in [-0.39, 0.29) is 5.97 Å². The van der Waals surface area contributed by atoms with Gasteiger partial charge in [0, 0.05) is 23.5 Å². The summed E-state index contributed by atoms with van der Waals surface area (Å²) >= 11 is 5.90. The molecule has 20 heavy (non-hydrogen) atoms. The number of ether oxygens (including phenoxy) is 1. The molecule has 0 saturated heterocycles. The van der Waals surface area contributed by atoms with Crippen molar-refractivity contribution in [3.63, 3.8) is 0 Å². The fraction of sp³-hybridized carbons (Fsp3) is 0.125. The van der Waals surface area contributed by atoms with Gasteiger partial charge >= 0.3 is 5.97 Å². The van der Waals surface area contributed by atoms with E-state index in [1.165, 1.54) is 6.08 Å². The van der Waals surface area contributed by atoms with Gasteiger partial charge in [-0.05, 0) is 47.9 Å². The van der Waals surface area contributed by atoms with Gasteiger partial charge in [-0.25, -0.2) is 4.79 Å². The monoisotopic (exact) mass is 287 g/mol. The summed E-state index contributed by atoms with van der Waals surface area (Å²) in [6.45, 7) is 2.12. The summed E-state index contributed by atoms with van der Waals surface area (Å²) in [7, 11) is 0. The fourth-order valence-corrected chi connectivity index (χ4v) is 1.92. The first-order valence-electron chi connectivity index (χ1n) is 6.25. The Balaban J connectivity index is 2.44. The van der Waals surface area contributed by atoms with Crippen molar-refractivity contribution in [2.45, 2.75) is 6.92 Å². The highest BCUT2D eigenvalue weighted by Gasteiger charge is 2.08. The molecule has 0 fully saturated rings. The van der Waals surface area contributed by atoms with Crippen molar-refractivity contribution < 1.29 is 9.53 Å². The van der Waals surface area contributed by atoms with Crippen molar-refractivity contribution in [3.8, 4) is 0 Å². The standard InChI is InChI=1S/C16H14ClNO2/c1-2-20-16(19)11-15(13-7-9-18-10-8-13)12-3-5-14(17)6-4-12/h3-11H,2H2,1H3. The van der Waals surface area contributed by atoms with E-state index in [1.807, 2.05) is 24.3 Å². The molecule has 0 bridgehead atoms. The minimum absolute atomic E-state index is 0.347. The Morgan fingerprint density at radius 1 is 1.15 bits per heavy atom. The van der Waals surface area contributed by atoms with Gasteiger partial charge in [0.05, 0.1) is 6.61 Å². The topological polar surface area (TPSA) is 39.2 Å². The maximum atomic E-state index is 11.7. The third kappa shape index (κ3) is 3.68. The van der Waals surface area contributed by atoms with Gasteiger partial charge in [-0.3, -0.25) is 4.98 Å². The van der Waals surface area contributed by atoms with Crippen LogP contribution in [0.4, 0.5) is 0 Å². The molecule has 1 aromatic carbocycles. The number of carbonyl (C=O) groups is 1. The molecule has 0 unspecified atom stereocenters. The predicted molar refractivity (Wildman–Crippen MR) is 79.4 cm³/mol. The lowest BCUT2D eigenvalue weighted by molar-refractivity contribution is -0.137. The zero-order valence-electron chi connectivity index (χ0n) is 11.0. The Morgan fingerprint density at radius 3 is 2.35 bits per heavy atom. The van der Waals surface area contributed by atoms with Crippen LogP contribution >= 0.6 is 11.6 Å². The number of aromatic nitrogens is 1. The molecule has 0 aliphatic carbocycles. The molecule has 0 atom stereocenters. The van der Waals surface area contributed by atoms with E-state index >= 15 is 0 Å². The van der Waals surface area contributed by atoms with Crippen LogP contribution in [0.2, 0.25) is 5.02 Å². The summed E-state index contributed by atoms with van der Waals surface area (Å²) in [4.78, 5) is 15.7. The number of hydrogen-bond acceptors (Lipinski definition) is 3. The first-order valence-corrected chi connectivity index (χ1v) is 6.63. The van der Waals surface area contributed by atoms with E-state index in [2.05, 4.69) is 4.98 Å². The third-order valence-corrected chi connectivity index (χ3v) is 2.95. The zero-order valence-corrected chi connectivity index (χ0v) is 11.8. The molecule has 1 heterocycles. The molecular formula is C16H14ClNO2. The van der Waals surface area contributed by atoms with Gasteiger partial charge in [-0.15, -0.1) is 0 Å². The molecule has 0 spiro atoms. The van der Waals surface area contributed by atoms with E-state index in [0.29, 0.717) is 11.6 Å². The van der Waals surface area contributed by atoms with Crippen molar-refractivity contribution >= 4 is 23.1 Å². The SMILES string of the molecule is CCOC(=O)C=C(c1ccncc1)c1ccc(Cl)cc1. The van der Waals surface area contributed by atoms with E-state index in [0.717, 1.165) is 16.7 Å². The smallest absolute Gasteiger partial charge is 0.331 e. The van der Waals surface area contributed by atoms with Crippen LogP contribution in [0, 0.1) is 0 Å². The largest absolute Gasteiger partial charge is 0.463 e. The normalized spacial score (nSPS) is 11.2. The molecule has 102 valence electrons. The van der Waals surface area contributed by atoms with Gasteiger partial charge in [-0.1, -0.05) is 23.7 Å². The summed E-state index contributed by atoms with van der Waals surface area (Å²) in [6.07, 6.45) is 4.86. The second kappa shape index (κ2) is 6.87. The molecule has 4 heteroatoms. The van der Waals surface area contributed by atoms with Crippen LogP contribution in [0.3, 0.4) is 0 Å². The second-order valence-electron chi connectivity index (χ2n) is 4.05. The van der Waals surface area contributed by atoms with Gasteiger partial charge in [-0.2, -0.15) is 0 Å². The van der Waals surface area contributed by atoms with Crippen LogP contribution in [-0.2, 0) is 9.53 Å². The minimum Gasteiger partial charge on any atom is -0.463 e. The molecule has 0 aliphatic heterocycles. The molecule has 2 aromatic rings. The van der Waals surface area contributed by atoms with Crippen LogP contribution < -0.4 is 0 Å². The van der Waals surface area contributed by atoms with Crippen molar-refractivity contribution in [2.75, 3.05) is 6.61 Å². The van der Waals surface area contributed by atoms with Crippen LogP contribution in [0.25, 0.3) is 5.57 Å². The molecule has 0 radical (unpaired) electrons. The summed E-state index contributed by atoms with van der Waals surface area (Å²) in [5.74, 6) is -0.366. The van der Waals surface area contributed by atoms with E-state index < -0.39 is 0 Å². The van der Waals surface area contributed by atoms with Crippen molar-refractivity contribution in [3.05, 3.63) is 71.0 Å². The number of benzene rings is 1. The summed E-state index contributed by atoms with van der Waals surface area (Å²) in [5.41, 5.74) is 2.58. The Hall–Kier alpha value is -2.13. The van der Waals surface area contributed by atoms with Gasteiger partial charge in [0.15, 0.2) is 0 Å². The van der Waals surface area contributed by atoms with Gasteiger partial charge in [0.25, 0.3) is 0 Å². The number of hydrogen-bond donors (Lipinski definition) is 0. The average molecular weight is 288 g/mol. The van der Waals surface area contributed by atoms with E-state index in [4.69, 9.17) is 16.3 Å². The summed E-state index contributed by atoms with van der Waals surface area (Å²) in [6, 6.07) is 11.0. The lowest BCUT2D eigenvalue weighted by atomic mass is 9.98. The van der Waals surface area contributed by atoms with Crippen molar-refractivity contribution in [2.24, 2.45) is 0 Å². The van der Waals surface area contributed by atoms with Crippen LogP contribution in [-0.4, -0.2) is 17.6 Å². The predicted octanol–water partition coefficient (Wildman–Crippen LogP) is 3.73. The molecule has 0 aliphatic rings. The quantitative estimate of drug-likeness (QED) is 0.635. The van der Waals surface area contributed by atoms with E-state index in [9.17, 15) is 4.79 Å². The highest BCUT2D eigenvalue weighted by molar-refractivity contribution is 6.30. The Morgan fingerprint density at radius 2 is 1.75 bits per heavy atom. The van der Waals surface area contributed by atoms with E-state index in [1.54, 1.807) is 31.5 Å². The first-order chi connectivity index (χ1) is 9.70. The summed E-state index contributed by atoms with van der Waals surface area (Å²) < 4.78 is 4.98. The fourth-order valence-electron chi connectivity index (χ4n) is 1.80. The van der Waals surface area contributed by atoms with Crippen LogP contribution in [0.1, 0.15) is 18.1 Å². The first kappa shape index (κ1) is 14.3. The molecule has 0 amide bonds. The van der Waals surface area contributed by atoms with Gasteiger partial charge in [0.1, 0.15) is 0 Å². The van der Waals surface area contributed by atoms with Crippen LogP contribution in [0.15, 0.2) is 54.9 Å². The number of halogens is 1. The highest BCUT2D eigenvalue weighted by Crippen LogP contribution is 2.24. The van der Waals surface area contributed by atoms with Crippen molar-refractivity contribution in [1.82, 2.24) is 4.98 Å². The van der Waals surface area contributed by atoms with Gasteiger partial charge in [0.2, 0.25) is 0 Å². The average Bonchev–Trinajstić information content (AvgIpc) is 2.47. The maximum Gasteiger partial charge on any atom is 0.331 e. The lowest BCUT2D eigenvalue weighted by Gasteiger charge is -2.08. The minimum atomic E-state index is -0.366. The summed E-state index contributed by atoms with van der Waals surface area (Å²) in [5, 5.41) is 0.652. The molecular weight excluding hydrogens is 274 g/mol. The highest BCUT2D eigenvalue weighted by atomic mass is 35.5. The number of carbonyl (C=O) groups excluding carboxylic acids is 1. The number of esters is 1. The van der Waals surface area contributed by atoms with Crippen molar-refractivity contribution in [1.29, 1.82) is 0 Å². The molecule has 3 nitrogen and oxygen atoms in total. The lowest BCUT2D eigenvalue weighted by Crippen LogP contribution is -2.01. The molecule has 2 rings (SSSR count).